The van der Waals surface area contributed by atoms with Gasteiger partial charge in [0, 0.05) is 25.0 Å². The first-order chi connectivity index (χ1) is 16.1. The lowest BCUT2D eigenvalue weighted by molar-refractivity contribution is 0.251. The van der Waals surface area contributed by atoms with Crippen LogP contribution in [0.4, 0.5) is 10.5 Å². The van der Waals surface area contributed by atoms with Crippen molar-refractivity contribution < 1.29 is 14.3 Å². The SMILES string of the molecule is COc1cc(C)ccc1Oc1ccc(NC(=O)NCc2ccc(Cn3cccn3)cc2)cn1. The van der Waals surface area contributed by atoms with E-state index in [9.17, 15) is 4.79 Å². The lowest BCUT2D eigenvalue weighted by Crippen LogP contribution is -2.28. The standard InChI is InChI=1S/C25H25N5O3/c1-18-4-10-22(23(14-18)32-2)33-24-11-9-21(16-26-24)29-25(31)27-15-19-5-7-20(8-6-19)17-30-13-3-12-28-30/h3-14,16H,15,17H2,1-2H3,(H2,27,29,31). The Labute approximate surface area is 192 Å². The number of anilines is 1. The number of amides is 2. The summed E-state index contributed by atoms with van der Waals surface area (Å²) >= 11 is 0. The Hall–Kier alpha value is -4.33. The number of pyridine rings is 1. The zero-order chi connectivity index (χ0) is 23.0. The number of rotatable bonds is 8. The third kappa shape index (κ3) is 6.10. The molecule has 0 aliphatic rings. The monoisotopic (exact) mass is 443 g/mol. The molecule has 4 aromatic rings. The van der Waals surface area contributed by atoms with E-state index < -0.39 is 0 Å². The molecule has 8 heteroatoms. The van der Waals surface area contributed by atoms with Crippen LogP contribution < -0.4 is 20.1 Å². The van der Waals surface area contributed by atoms with Crippen LogP contribution in [0.5, 0.6) is 17.4 Å². The number of hydrogen-bond donors (Lipinski definition) is 2. The lowest BCUT2D eigenvalue weighted by atomic mass is 10.1. The Balaban J connectivity index is 1.26. The third-order valence-corrected chi connectivity index (χ3v) is 4.91. The minimum absolute atomic E-state index is 0.314. The number of aromatic nitrogens is 3. The molecule has 0 saturated heterocycles. The summed E-state index contributed by atoms with van der Waals surface area (Å²) in [4.78, 5) is 16.5. The van der Waals surface area contributed by atoms with E-state index in [0.29, 0.717) is 36.2 Å². The summed E-state index contributed by atoms with van der Waals surface area (Å²) in [6, 6.07) is 18.7. The Kier molecular flexibility index (Phi) is 6.84. The Morgan fingerprint density at radius 2 is 1.85 bits per heavy atom. The number of aryl methyl sites for hydroxylation is 1. The van der Waals surface area contributed by atoms with Gasteiger partial charge < -0.3 is 20.1 Å². The summed E-state index contributed by atoms with van der Waals surface area (Å²) in [5, 5.41) is 9.82. The zero-order valence-corrected chi connectivity index (χ0v) is 18.5. The number of benzene rings is 2. The molecule has 0 saturated carbocycles. The maximum atomic E-state index is 12.2. The summed E-state index contributed by atoms with van der Waals surface area (Å²) in [7, 11) is 1.59. The number of hydrogen-bond acceptors (Lipinski definition) is 5. The van der Waals surface area contributed by atoms with Crippen LogP contribution in [0.2, 0.25) is 0 Å². The van der Waals surface area contributed by atoms with Crippen LogP contribution in [0.3, 0.4) is 0 Å². The first kappa shape index (κ1) is 21.9. The number of urea groups is 1. The first-order valence-electron chi connectivity index (χ1n) is 10.5. The molecule has 2 aromatic heterocycles. The second kappa shape index (κ2) is 10.3. The number of methoxy groups -OCH3 is 1. The quantitative estimate of drug-likeness (QED) is 0.410. The predicted molar refractivity (Wildman–Crippen MR) is 126 cm³/mol. The summed E-state index contributed by atoms with van der Waals surface area (Å²) in [5.41, 5.74) is 3.78. The Morgan fingerprint density at radius 3 is 2.55 bits per heavy atom. The van der Waals surface area contributed by atoms with E-state index in [0.717, 1.165) is 16.7 Å². The van der Waals surface area contributed by atoms with Crippen LogP contribution in [0.1, 0.15) is 16.7 Å². The second-order valence-corrected chi connectivity index (χ2v) is 7.47. The van der Waals surface area contributed by atoms with E-state index in [1.54, 1.807) is 31.6 Å². The van der Waals surface area contributed by atoms with Crippen molar-refractivity contribution in [3.05, 3.63) is 95.9 Å². The fourth-order valence-corrected chi connectivity index (χ4v) is 3.19. The molecule has 8 nitrogen and oxygen atoms in total. The van der Waals surface area contributed by atoms with Gasteiger partial charge in [0.15, 0.2) is 11.5 Å². The number of nitrogens with zero attached hydrogens (tertiary/aromatic N) is 3. The molecule has 4 rings (SSSR count). The maximum Gasteiger partial charge on any atom is 0.319 e. The highest BCUT2D eigenvalue weighted by molar-refractivity contribution is 5.89. The van der Waals surface area contributed by atoms with Crippen LogP contribution in [-0.4, -0.2) is 27.9 Å². The van der Waals surface area contributed by atoms with Gasteiger partial charge in [-0.3, -0.25) is 4.68 Å². The molecule has 2 amide bonds. The molecule has 2 aromatic carbocycles. The van der Waals surface area contributed by atoms with Gasteiger partial charge in [0.05, 0.1) is 25.5 Å². The molecule has 0 aliphatic carbocycles. The van der Waals surface area contributed by atoms with Crippen LogP contribution >= 0.6 is 0 Å². The van der Waals surface area contributed by atoms with Crippen LogP contribution in [0.25, 0.3) is 0 Å². The van der Waals surface area contributed by atoms with Gasteiger partial charge in [-0.2, -0.15) is 5.10 Å². The van der Waals surface area contributed by atoms with E-state index in [4.69, 9.17) is 9.47 Å². The molecular formula is C25H25N5O3. The average molecular weight is 444 g/mol. The van der Waals surface area contributed by atoms with E-state index in [1.165, 1.54) is 0 Å². The van der Waals surface area contributed by atoms with E-state index >= 15 is 0 Å². The Morgan fingerprint density at radius 1 is 1.03 bits per heavy atom. The normalized spacial score (nSPS) is 10.5. The van der Waals surface area contributed by atoms with E-state index in [1.807, 2.05) is 66.3 Å². The van der Waals surface area contributed by atoms with Crippen molar-refractivity contribution in [1.29, 1.82) is 0 Å². The molecular weight excluding hydrogens is 418 g/mol. The van der Waals surface area contributed by atoms with Crippen molar-refractivity contribution in [2.24, 2.45) is 0 Å². The minimum atomic E-state index is -0.314. The molecule has 168 valence electrons. The van der Waals surface area contributed by atoms with Crippen molar-refractivity contribution in [1.82, 2.24) is 20.1 Å². The smallest absolute Gasteiger partial charge is 0.319 e. The molecule has 2 heterocycles. The van der Waals surface area contributed by atoms with Crippen LogP contribution in [0, 0.1) is 6.92 Å². The highest BCUT2D eigenvalue weighted by Gasteiger charge is 2.08. The number of nitrogens with one attached hydrogen (secondary N) is 2. The van der Waals surface area contributed by atoms with Crippen molar-refractivity contribution in [2.75, 3.05) is 12.4 Å². The van der Waals surface area contributed by atoms with Gasteiger partial charge in [-0.15, -0.1) is 0 Å². The van der Waals surface area contributed by atoms with Gasteiger partial charge in [-0.05, 0) is 47.9 Å². The molecule has 0 atom stereocenters. The van der Waals surface area contributed by atoms with Gasteiger partial charge in [0.25, 0.3) is 0 Å². The van der Waals surface area contributed by atoms with Crippen molar-refractivity contribution in [3.63, 3.8) is 0 Å². The summed E-state index contributed by atoms with van der Waals surface area (Å²) in [6.45, 7) is 3.11. The Bertz CT molecular complexity index is 1190. The highest BCUT2D eigenvalue weighted by atomic mass is 16.5. The van der Waals surface area contributed by atoms with Gasteiger partial charge in [-0.1, -0.05) is 30.3 Å². The molecule has 0 unspecified atom stereocenters. The van der Waals surface area contributed by atoms with E-state index in [2.05, 4.69) is 20.7 Å². The zero-order valence-electron chi connectivity index (χ0n) is 18.5. The van der Waals surface area contributed by atoms with Crippen LogP contribution in [0.15, 0.2) is 79.3 Å². The van der Waals surface area contributed by atoms with Crippen molar-refractivity contribution in [2.45, 2.75) is 20.0 Å². The molecule has 0 radical (unpaired) electrons. The lowest BCUT2D eigenvalue weighted by Gasteiger charge is -2.11. The van der Waals surface area contributed by atoms with Crippen molar-refractivity contribution in [3.8, 4) is 17.4 Å². The number of carbonyl (C=O) groups excluding carboxylic acids is 1. The predicted octanol–water partition coefficient (Wildman–Crippen LogP) is 4.76. The number of carbonyl (C=O) groups is 1. The third-order valence-electron chi connectivity index (χ3n) is 4.91. The second-order valence-electron chi connectivity index (χ2n) is 7.47. The summed E-state index contributed by atoms with van der Waals surface area (Å²) < 4.78 is 13.0. The molecule has 0 fully saturated rings. The average Bonchev–Trinajstić information content (AvgIpc) is 3.34. The maximum absolute atomic E-state index is 12.2. The van der Waals surface area contributed by atoms with Gasteiger partial charge in [0.1, 0.15) is 0 Å². The fraction of sp³-hybridized carbons (Fsp3) is 0.160. The van der Waals surface area contributed by atoms with Gasteiger partial charge >= 0.3 is 6.03 Å². The largest absolute Gasteiger partial charge is 0.493 e. The van der Waals surface area contributed by atoms with Crippen LogP contribution in [-0.2, 0) is 13.1 Å². The van der Waals surface area contributed by atoms with E-state index in [-0.39, 0.29) is 6.03 Å². The summed E-state index contributed by atoms with van der Waals surface area (Å²) in [6.07, 6.45) is 5.22. The molecule has 0 bridgehead atoms. The highest BCUT2D eigenvalue weighted by Crippen LogP contribution is 2.31. The topological polar surface area (TPSA) is 90.3 Å². The molecule has 33 heavy (non-hydrogen) atoms. The number of ether oxygens (including phenoxy) is 2. The van der Waals surface area contributed by atoms with Gasteiger partial charge in [0.2, 0.25) is 5.88 Å². The summed E-state index contributed by atoms with van der Waals surface area (Å²) in [5.74, 6) is 1.61. The molecule has 0 aliphatic heterocycles. The fourth-order valence-electron chi connectivity index (χ4n) is 3.19. The first-order valence-corrected chi connectivity index (χ1v) is 10.5. The van der Waals surface area contributed by atoms with Gasteiger partial charge in [-0.25, -0.2) is 9.78 Å². The molecule has 2 N–H and O–H groups in total. The minimum Gasteiger partial charge on any atom is -0.493 e. The van der Waals surface area contributed by atoms with Crippen molar-refractivity contribution >= 4 is 11.7 Å². The molecule has 0 spiro atoms.